The van der Waals surface area contributed by atoms with E-state index in [1.165, 1.54) is 4.90 Å². The lowest BCUT2D eigenvalue weighted by Gasteiger charge is -2.41. The molecule has 1 aliphatic heterocycles. The molecule has 2 aromatic carbocycles. The number of aryl methyl sites for hydroxylation is 1. The highest BCUT2D eigenvalue weighted by Crippen LogP contribution is 2.77. The number of aromatic nitrogens is 2. The van der Waals surface area contributed by atoms with Crippen LogP contribution in [-0.2, 0) is 19.1 Å². The minimum atomic E-state index is -1.44. The van der Waals surface area contributed by atoms with Crippen molar-refractivity contribution in [3.05, 3.63) is 83.5 Å². The molecule has 47 heavy (non-hydrogen) atoms. The van der Waals surface area contributed by atoms with E-state index in [0.717, 1.165) is 22.3 Å². The van der Waals surface area contributed by atoms with Crippen LogP contribution in [0, 0.1) is 23.7 Å². The highest BCUT2D eigenvalue weighted by Gasteiger charge is 2.85. The molecule has 0 radical (unpaired) electrons. The first-order chi connectivity index (χ1) is 22.2. The molecule has 3 aromatic rings. The number of alkyl carbamates (subject to hydrolysis) is 1. The summed E-state index contributed by atoms with van der Waals surface area (Å²) in [5.41, 5.74) is 0.0669. The second-order valence-electron chi connectivity index (χ2n) is 14.0. The summed E-state index contributed by atoms with van der Waals surface area (Å²) in [7, 11) is 0. The normalized spacial score (nSPS) is 27.4. The summed E-state index contributed by atoms with van der Waals surface area (Å²) in [5, 5.41) is 6.66. The number of unbranched alkanes of at least 4 members (excludes halogenated alkanes) is 1. The molecule has 2 bridgehead atoms. The Morgan fingerprint density at radius 2 is 1.60 bits per heavy atom. The third-order valence-electron chi connectivity index (χ3n) is 9.75. The highest BCUT2D eigenvalue weighted by atomic mass is 79.9. The van der Waals surface area contributed by atoms with Crippen molar-refractivity contribution in [1.29, 1.82) is 0 Å². The first kappa shape index (κ1) is 32.8. The molecular weight excluding hydrogens is 664 g/mol. The molecule has 2 heterocycles. The number of carbonyl (C=O) groups is 4. The monoisotopic (exact) mass is 702 g/mol. The zero-order valence-electron chi connectivity index (χ0n) is 27.4. The second-order valence-corrected chi connectivity index (χ2v) is 15.2. The van der Waals surface area contributed by atoms with Crippen LogP contribution in [0.5, 0.6) is 0 Å². The van der Waals surface area contributed by atoms with E-state index >= 15 is 0 Å². The number of imide groups is 1. The Bertz CT molecular complexity index is 1780. The molecule has 6 rings (SSSR count). The molecule has 0 spiro atoms. The van der Waals surface area contributed by atoms with Crippen molar-refractivity contribution in [3.63, 3.8) is 0 Å². The average Bonchev–Trinajstić information content (AvgIpc) is 3.63. The number of likely N-dealkylation sites (tertiary alicyclic amines) is 1. The van der Waals surface area contributed by atoms with Gasteiger partial charge in [-0.25, -0.2) is 4.79 Å². The molecule has 1 saturated heterocycles. The number of fused-ring (bicyclic) bond motifs is 5. The van der Waals surface area contributed by atoms with Crippen LogP contribution in [0.4, 0.5) is 4.79 Å². The lowest BCUT2D eigenvalue weighted by molar-refractivity contribution is -0.144. The predicted molar refractivity (Wildman–Crippen MR) is 178 cm³/mol. The van der Waals surface area contributed by atoms with Crippen LogP contribution >= 0.6 is 15.9 Å². The van der Waals surface area contributed by atoms with Gasteiger partial charge in [-0.05, 0) is 83.1 Å². The molecule has 4 unspecified atom stereocenters. The SMILES string of the molecule is Cc1noc([C@H](CCCCN2C(=O)C3C4(C)C(=O)C(C)(C(c5ccccc5)=C4c4ccccc4)C3(Br)C2=O)NC(=O)OC(C)(C)C)n1. The summed E-state index contributed by atoms with van der Waals surface area (Å²) in [6.45, 7) is 10.8. The molecule has 5 atom stereocenters. The summed E-state index contributed by atoms with van der Waals surface area (Å²) in [6.07, 6.45) is 0.773. The number of benzene rings is 2. The van der Waals surface area contributed by atoms with Crippen LogP contribution < -0.4 is 5.32 Å². The number of hydrogen-bond donors (Lipinski definition) is 1. The van der Waals surface area contributed by atoms with Crippen molar-refractivity contribution in [3.8, 4) is 0 Å². The number of ketones is 1. The maximum Gasteiger partial charge on any atom is 0.408 e. The minimum Gasteiger partial charge on any atom is -0.444 e. The van der Waals surface area contributed by atoms with Crippen LogP contribution in [0.2, 0.25) is 0 Å². The van der Waals surface area contributed by atoms with Gasteiger partial charge in [0.25, 0.3) is 0 Å². The predicted octanol–water partition coefficient (Wildman–Crippen LogP) is 6.45. The largest absolute Gasteiger partial charge is 0.444 e. The zero-order chi connectivity index (χ0) is 33.9. The van der Waals surface area contributed by atoms with E-state index in [1.54, 1.807) is 27.7 Å². The van der Waals surface area contributed by atoms with E-state index in [1.807, 2.05) is 74.5 Å². The van der Waals surface area contributed by atoms with Gasteiger partial charge in [0.1, 0.15) is 16.0 Å². The molecule has 1 saturated carbocycles. The number of carbonyl (C=O) groups excluding carboxylic acids is 4. The van der Waals surface area contributed by atoms with Crippen LogP contribution in [0.25, 0.3) is 11.1 Å². The van der Waals surface area contributed by atoms with Crippen LogP contribution in [0.3, 0.4) is 0 Å². The maximum atomic E-state index is 14.6. The van der Waals surface area contributed by atoms with Crippen molar-refractivity contribution in [2.45, 2.75) is 76.8 Å². The summed E-state index contributed by atoms with van der Waals surface area (Å²) < 4.78 is 9.34. The number of amides is 3. The highest BCUT2D eigenvalue weighted by molar-refractivity contribution is 9.10. The second kappa shape index (κ2) is 11.5. The van der Waals surface area contributed by atoms with E-state index in [9.17, 15) is 19.2 Å². The third kappa shape index (κ3) is 4.96. The molecule has 2 aliphatic carbocycles. The van der Waals surface area contributed by atoms with Crippen molar-refractivity contribution >= 4 is 50.8 Å². The number of nitrogens with zero attached hydrogens (tertiary/aromatic N) is 3. The number of nitrogens with one attached hydrogen (secondary N) is 1. The van der Waals surface area contributed by atoms with Gasteiger partial charge in [-0.1, -0.05) is 81.8 Å². The van der Waals surface area contributed by atoms with Gasteiger partial charge in [0.05, 0.1) is 16.7 Å². The maximum absolute atomic E-state index is 14.6. The molecule has 3 amide bonds. The fourth-order valence-electron chi connectivity index (χ4n) is 7.85. The molecule has 246 valence electrons. The van der Waals surface area contributed by atoms with Crippen LogP contribution in [0.1, 0.15) is 82.8 Å². The fraction of sp³-hybridized carbons (Fsp3) is 0.444. The lowest BCUT2D eigenvalue weighted by atomic mass is 9.63. The molecule has 10 nitrogen and oxygen atoms in total. The molecule has 1 aromatic heterocycles. The smallest absolute Gasteiger partial charge is 0.408 e. The Morgan fingerprint density at radius 1 is 1.00 bits per heavy atom. The molecule has 11 heteroatoms. The van der Waals surface area contributed by atoms with Crippen molar-refractivity contribution in [1.82, 2.24) is 20.4 Å². The Hall–Kier alpha value is -4.12. The van der Waals surface area contributed by atoms with E-state index in [4.69, 9.17) is 9.26 Å². The van der Waals surface area contributed by atoms with Gasteiger partial charge in [-0.2, -0.15) is 4.98 Å². The first-order valence-corrected chi connectivity index (χ1v) is 16.7. The zero-order valence-corrected chi connectivity index (χ0v) is 29.0. The number of hydrogen-bond acceptors (Lipinski definition) is 8. The average molecular weight is 704 g/mol. The van der Waals surface area contributed by atoms with E-state index < -0.39 is 44.7 Å². The number of allylic oxidation sites excluding steroid dienone is 2. The first-order valence-electron chi connectivity index (χ1n) is 15.9. The standard InChI is InChI=1S/C36H39BrN4O6/c1-21-38-28(47-40-21)24(39-32(45)46-33(2,3)4)19-13-14-20-41-29(42)27-34(5)25(22-15-9-7-10-16-22)26(23-17-11-8-12-18-23)35(6,30(34)43)36(27,37)31(41)44/h7-12,15-18,24,27H,13-14,19-20H2,1-6H3,(H,39,45)/t24-,27?,34?,35?,36?/m0/s1. The number of rotatable bonds is 9. The number of Topliss-reactive ketones (excluding diaryl/α,β-unsaturated/α-hetero) is 1. The number of alkyl halides is 1. The molecule has 1 N–H and O–H groups in total. The van der Waals surface area contributed by atoms with Gasteiger partial charge in [0.15, 0.2) is 11.6 Å². The summed E-state index contributed by atoms with van der Waals surface area (Å²) in [4.78, 5) is 61.5. The lowest BCUT2D eigenvalue weighted by Crippen LogP contribution is -2.50. The Morgan fingerprint density at radius 3 is 2.15 bits per heavy atom. The van der Waals surface area contributed by atoms with Crippen LogP contribution in [-0.4, -0.2) is 55.2 Å². The van der Waals surface area contributed by atoms with Gasteiger partial charge < -0.3 is 14.6 Å². The van der Waals surface area contributed by atoms with Gasteiger partial charge >= 0.3 is 6.09 Å². The molecule has 3 aliphatic rings. The Balaban J connectivity index is 1.27. The number of halogens is 1. The Labute approximate surface area is 282 Å². The van der Waals surface area contributed by atoms with Gasteiger partial charge in [0.2, 0.25) is 17.7 Å². The molecule has 2 fully saturated rings. The van der Waals surface area contributed by atoms with Crippen molar-refractivity contribution in [2.24, 2.45) is 16.7 Å². The third-order valence-corrected chi connectivity index (χ3v) is 11.3. The van der Waals surface area contributed by atoms with Crippen molar-refractivity contribution in [2.75, 3.05) is 6.54 Å². The Kier molecular flexibility index (Phi) is 8.05. The summed E-state index contributed by atoms with van der Waals surface area (Å²) in [5.74, 6) is -1.11. The number of ether oxygens (including phenoxy) is 1. The van der Waals surface area contributed by atoms with Gasteiger partial charge in [0, 0.05) is 6.54 Å². The van der Waals surface area contributed by atoms with E-state index in [0.29, 0.717) is 25.1 Å². The van der Waals surface area contributed by atoms with E-state index in [2.05, 4.69) is 31.4 Å². The quantitative estimate of drug-likeness (QED) is 0.153. The fourth-order valence-corrected chi connectivity index (χ4v) is 9.10. The molecular formula is C36H39BrN4O6. The van der Waals surface area contributed by atoms with Gasteiger partial charge in [-0.3, -0.25) is 19.3 Å². The summed E-state index contributed by atoms with van der Waals surface area (Å²) >= 11 is 3.81. The van der Waals surface area contributed by atoms with Crippen LogP contribution in [0.15, 0.2) is 65.2 Å². The topological polar surface area (TPSA) is 132 Å². The van der Waals surface area contributed by atoms with E-state index in [-0.39, 0.29) is 24.1 Å². The van der Waals surface area contributed by atoms with Gasteiger partial charge in [-0.15, -0.1) is 0 Å². The minimum absolute atomic E-state index is 0.128. The van der Waals surface area contributed by atoms with Crippen molar-refractivity contribution < 1.29 is 28.4 Å². The summed E-state index contributed by atoms with van der Waals surface area (Å²) in [6, 6.07) is 18.7.